The number of allylic oxidation sites excluding steroid dienone is 2. The molecule has 1 aliphatic rings. The Hall–Kier alpha value is -1.69. The molecule has 0 heterocycles. The summed E-state index contributed by atoms with van der Waals surface area (Å²) in [7, 11) is 0. The van der Waals surface area contributed by atoms with Crippen molar-refractivity contribution in [1.29, 1.82) is 0 Å². The maximum atomic E-state index is 12.1. The topological polar surface area (TPSA) is 96.2 Å². The zero-order valence-corrected chi connectivity index (χ0v) is 14.5. The number of hydrogen-bond donors (Lipinski definition) is 2. The van der Waals surface area contributed by atoms with Gasteiger partial charge in [-0.05, 0) is 26.2 Å². The number of nitrogens with zero attached hydrogens (tertiary/aromatic N) is 1. The van der Waals surface area contributed by atoms with Crippen LogP contribution in [0.4, 0.5) is 0 Å². The number of aliphatic imine (C=N–C) groups is 1. The smallest absolute Gasteiger partial charge is 0.331 e. The summed E-state index contributed by atoms with van der Waals surface area (Å²) in [6.45, 7) is 8.81. The number of rotatable bonds is 5. The maximum Gasteiger partial charge on any atom is 0.331 e. The SMILES string of the molecule is CC1(C)CC(=O)C(C=N[C@@H](CCO)C(=O)OC(C)(C)C)=C(O)C1. The summed E-state index contributed by atoms with van der Waals surface area (Å²) in [5.74, 6) is -0.775. The largest absolute Gasteiger partial charge is 0.511 e. The Morgan fingerprint density at radius 3 is 2.48 bits per heavy atom. The summed E-state index contributed by atoms with van der Waals surface area (Å²) in [5, 5.41) is 19.1. The molecule has 0 bridgehead atoms. The first-order chi connectivity index (χ1) is 10.4. The van der Waals surface area contributed by atoms with Crippen molar-refractivity contribution in [2.75, 3.05) is 6.61 Å². The molecule has 0 fully saturated rings. The van der Waals surface area contributed by atoms with Gasteiger partial charge in [-0.25, -0.2) is 4.79 Å². The lowest BCUT2D eigenvalue weighted by Gasteiger charge is -2.28. The molecule has 0 aliphatic heterocycles. The first kappa shape index (κ1) is 19.4. The van der Waals surface area contributed by atoms with Gasteiger partial charge in [0.2, 0.25) is 0 Å². The lowest BCUT2D eigenvalue weighted by Crippen LogP contribution is -2.32. The molecule has 0 saturated carbocycles. The molecule has 0 spiro atoms. The van der Waals surface area contributed by atoms with Crippen molar-refractivity contribution >= 4 is 18.0 Å². The minimum atomic E-state index is -0.901. The molecule has 1 aliphatic carbocycles. The van der Waals surface area contributed by atoms with Gasteiger partial charge in [-0.1, -0.05) is 13.8 Å². The van der Waals surface area contributed by atoms with E-state index >= 15 is 0 Å². The second kappa shape index (κ2) is 7.25. The van der Waals surface area contributed by atoms with Gasteiger partial charge in [0.05, 0.1) is 5.57 Å². The normalized spacial score (nSPS) is 20.0. The minimum Gasteiger partial charge on any atom is -0.511 e. The Bertz CT molecular complexity index is 526. The van der Waals surface area contributed by atoms with Crippen LogP contribution in [0, 0.1) is 5.41 Å². The Morgan fingerprint density at radius 1 is 1.39 bits per heavy atom. The molecule has 130 valence electrons. The van der Waals surface area contributed by atoms with Crippen molar-refractivity contribution in [3.8, 4) is 0 Å². The van der Waals surface area contributed by atoms with E-state index in [1.54, 1.807) is 20.8 Å². The summed E-state index contributed by atoms with van der Waals surface area (Å²) < 4.78 is 5.25. The third-order valence-corrected chi connectivity index (χ3v) is 3.36. The van der Waals surface area contributed by atoms with Gasteiger partial charge in [0, 0.05) is 32.1 Å². The quantitative estimate of drug-likeness (QED) is 0.597. The molecule has 23 heavy (non-hydrogen) atoms. The number of carbonyl (C=O) groups is 2. The highest BCUT2D eigenvalue weighted by atomic mass is 16.6. The molecule has 1 rings (SSSR count). The molecule has 6 nitrogen and oxygen atoms in total. The molecule has 0 radical (unpaired) electrons. The monoisotopic (exact) mass is 325 g/mol. The van der Waals surface area contributed by atoms with E-state index in [2.05, 4.69) is 4.99 Å². The van der Waals surface area contributed by atoms with Crippen molar-refractivity contribution in [2.24, 2.45) is 10.4 Å². The number of ether oxygens (including phenoxy) is 1. The third kappa shape index (κ3) is 6.14. The van der Waals surface area contributed by atoms with Crippen LogP contribution in [0.2, 0.25) is 0 Å². The van der Waals surface area contributed by atoms with E-state index in [9.17, 15) is 14.7 Å². The molecule has 0 aromatic heterocycles. The van der Waals surface area contributed by atoms with Crippen molar-refractivity contribution in [3.05, 3.63) is 11.3 Å². The van der Waals surface area contributed by atoms with Crippen LogP contribution in [0.5, 0.6) is 0 Å². The van der Waals surface area contributed by atoms with Gasteiger partial charge in [0.25, 0.3) is 0 Å². The van der Waals surface area contributed by atoms with Crippen LogP contribution in [0.1, 0.15) is 53.9 Å². The average Bonchev–Trinajstić information content (AvgIpc) is 2.32. The molecule has 6 heteroatoms. The molecule has 0 amide bonds. The van der Waals surface area contributed by atoms with Crippen LogP contribution >= 0.6 is 0 Å². The van der Waals surface area contributed by atoms with Crippen molar-refractivity contribution < 1.29 is 24.5 Å². The molecule has 0 unspecified atom stereocenters. The van der Waals surface area contributed by atoms with Crippen molar-refractivity contribution in [2.45, 2.75) is 65.5 Å². The first-order valence-electron chi connectivity index (χ1n) is 7.77. The summed E-state index contributed by atoms with van der Waals surface area (Å²) in [4.78, 5) is 28.3. The van der Waals surface area contributed by atoms with Gasteiger partial charge in [-0.3, -0.25) is 9.79 Å². The van der Waals surface area contributed by atoms with E-state index in [4.69, 9.17) is 9.84 Å². The highest BCUT2D eigenvalue weighted by Gasteiger charge is 2.32. The number of Topliss-reactive ketones (excluding diaryl/α,β-unsaturated/α-hetero) is 1. The first-order valence-corrected chi connectivity index (χ1v) is 7.77. The Labute approximate surface area is 137 Å². The number of ketones is 1. The number of carbonyl (C=O) groups excluding carboxylic acids is 2. The van der Waals surface area contributed by atoms with Crippen LogP contribution < -0.4 is 0 Å². The Balaban J connectivity index is 2.93. The van der Waals surface area contributed by atoms with Gasteiger partial charge >= 0.3 is 5.97 Å². The van der Waals surface area contributed by atoms with Gasteiger partial charge < -0.3 is 14.9 Å². The predicted octanol–water partition coefficient (Wildman–Crippen LogP) is 2.35. The summed E-state index contributed by atoms with van der Waals surface area (Å²) >= 11 is 0. The van der Waals surface area contributed by atoms with Crippen molar-refractivity contribution in [3.63, 3.8) is 0 Å². The average molecular weight is 325 g/mol. The fourth-order valence-electron chi connectivity index (χ4n) is 2.36. The number of hydrogen-bond acceptors (Lipinski definition) is 6. The van der Waals surface area contributed by atoms with Crippen molar-refractivity contribution in [1.82, 2.24) is 0 Å². The standard InChI is InChI=1S/C17H27NO5/c1-16(2,3)23-15(22)12(6-7-19)18-10-11-13(20)8-17(4,5)9-14(11)21/h10,12,19-20H,6-9H2,1-5H3/t12-/m0/s1. The summed E-state index contributed by atoms with van der Waals surface area (Å²) in [5.41, 5.74) is -0.809. The predicted molar refractivity (Wildman–Crippen MR) is 87.5 cm³/mol. The second-order valence-corrected chi connectivity index (χ2v) is 7.64. The number of esters is 1. The van der Waals surface area contributed by atoms with Gasteiger partial charge in [-0.15, -0.1) is 0 Å². The van der Waals surface area contributed by atoms with Crippen LogP contribution in [-0.4, -0.2) is 46.4 Å². The summed E-state index contributed by atoms with van der Waals surface area (Å²) in [6.07, 6.45) is 2.03. The zero-order chi connectivity index (χ0) is 17.8. The third-order valence-electron chi connectivity index (χ3n) is 3.36. The van der Waals surface area contributed by atoms with Gasteiger partial charge in [-0.2, -0.15) is 0 Å². The van der Waals surface area contributed by atoms with Crippen LogP contribution in [0.15, 0.2) is 16.3 Å². The van der Waals surface area contributed by atoms with E-state index in [1.165, 1.54) is 6.21 Å². The fourth-order valence-corrected chi connectivity index (χ4v) is 2.36. The molecular weight excluding hydrogens is 298 g/mol. The molecule has 0 aromatic rings. The van der Waals surface area contributed by atoms with E-state index in [-0.39, 0.29) is 35.6 Å². The number of aliphatic hydroxyl groups is 2. The minimum absolute atomic E-state index is 0.0121. The van der Waals surface area contributed by atoms with Gasteiger partial charge in [0.15, 0.2) is 5.78 Å². The Morgan fingerprint density at radius 2 is 2.00 bits per heavy atom. The fraction of sp³-hybridized carbons (Fsp3) is 0.706. The van der Waals surface area contributed by atoms with Crippen LogP contribution in [0.25, 0.3) is 0 Å². The Kier molecular flexibility index (Phi) is 6.11. The molecule has 0 saturated heterocycles. The molecular formula is C17H27NO5. The van der Waals surface area contributed by atoms with E-state index in [1.807, 2.05) is 13.8 Å². The number of aliphatic hydroxyl groups excluding tert-OH is 2. The summed E-state index contributed by atoms with van der Waals surface area (Å²) in [6, 6.07) is -0.901. The van der Waals surface area contributed by atoms with Crippen LogP contribution in [-0.2, 0) is 14.3 Å². The highest BCUT2D eigenvalue weighted by Crippen LogP contribution is 2.35. The lowest BCUT2D eigenvalue weighted by molar-refractivity contribution is -0.156. The van der Waals surface area contributed by atoms with Crippen LogP contribution in [0.3, 0.4) is 0 Å². The molecule has 0 aromatic carbocycles. The second-order valence-electron chi connectivity index (χ2n) is 7.64. The molecule has 1 atom stereocenters. The van der Waals surface area contributed by atoms with Gasteiger partial charge in [0.1, 0.15) is 17.4 Å². The lowest BCUT2D eigenvalue weighted by atomic mass is 9.77. The van der Waals surface area contributed by atoms with E-state index in [0.717, 1.165) is 0 Å². The maximum absolute atomic E-state index is 12.1. The van der Waals surface area contributed by atoms with E-state index in [0.29, 0.717) is 12.8 Å². The highest BCUT2D eigenvalue weighted by molar-refractivity contribution is 6.14. The molecule has 2 N–H and O–H groups in total. The zero-order valence-electron chi connectivity index (χ0n) is 14.5. The van der Waals surface area contributed by atoms with E-state index < -0.39 is 17.6 Å².